The number of rotatable bonds is 5. The summed E-state index contributed by atoms with van der Waals surface area (Å²) < 4.78 is 13.4. The minimum atomic E-state index is -0.287. The van der Waals surface area contributed by atoms with Gasteiger partial charge >= 0.3 is 0 Å². The second kappa shape index (κ2) is 5.75. The normalized spacial score (nSPS) is 10.7. The molecule has 0 radical (unpaired) electrons. The van der Waals surface area contributed by atoms with Crippen LogP contribution in [-0.2, 0) is 13.0 Å². The Hall–Kier alpha value is -1.46. The molecule has 0 aliphatic carbocycles. The molecule has 6 heteroatoms. The van der Waals surface area contributed by atoms with Crippen molar-refractivity contribution in [3.63, 3.8) is 0 Å². The molecular weight excluding hydrogens is 243 g/mol. The second-order valence-corrected chi connectivity index (χ2v) is 3.97. The Morgan fingerprint density at radius 2 is 2.29 bits per heavy atom. The fraction of sp³-hybridized carbons (Fsp3) is 0.273. The van der Waals surface area contributed by atoms with Crippen molar-refractivity contribution in [2.75, 3.05) is 6.54 Å². The number of hydrogen-bond acceptors (Lipinski definition) is 3. The van der Waals surface area contributed by atoms with Gasteiger partial charge in [-0.25, -0.2) is 9.37 Å². The molecule has 0 bridgehead atoms. The number of nitrogens with one attached hydrogen (secondary N) is 2. The Kier molecular flexibility index (Phi) is 4.06. The Bertz CT molecular complexity index is 452. The van der Waals surface area contributed by atoms with Crippen molar-refractivity contribution < 1.29 is 4.39 Å². The predicted molar refractivity (Wildman–Crippen MR) is 63.2 cm³/mol. The molecular formula is C11H12ClFN4. The van der Waals surface area contributed by atoms with Crippen molar-refractivity contribution in [3.05, 3.63) is 46.8 Å². The molecule has 0 aliphatic heterocycles. The molecule has 0 saturated carbocycles. The van der Waals surface area contributed by atoms with Crippen LogP contribution in [0.4, 0.5) is 4.39 Å². The highest BCUT2D eigenvalue weighted by atomic mass is 35.5. The van der Waals surface area contributed by atoms with Crippen molar-refractivity contribution >= 4 is 11.6 Å². The van der Waals surface area contributed by atoms with Crippen LogP contribution in [0, 0.1) is 5.82 Å². The molecule has 90 valence electrons. The van der Waals surface area contributed by atoms with Crippen molar-refractivity contribution in [2.45, 2.75) is 13.0 Å². The van der Waals surface area contributed by atoms with Gasteiger partial charge in [-0.05, 0) is 12.1 Å². The molecule has 0 atom stereocenters. The lowest BCUT2D eigenvalue weighted by molar-refractivity contribution is 0.586. The Balaban J connectivity index is 1.82. The number of hydrogen-bond donors (Lipinski definition) is 2. The Morgan fingerprint density at radius 1 is 1.41 bits per heavy atom. The number of benzene rings is 1. The zero-order valence-electron chi connectivity index (χ0n) is 9.08. The standard InChI is InChI=1S/C11H12ClFN4/c12-9-2-1-3-10(13)8(9)6-14-5-4-11-15-7-16-17-11/h1-3,7,14H,4-6H2,(H,15,16,17). The summed E-state index contributed by atoms with van der Waals surface area (Å²) in [6, 6.07) is 4.67. The fourth-order valence-corrected chi connectivity index (χ4v) is 1.70. The highest BCUT2D eigenvalue weighted by molar-refractivity contribution is 6.31. The van der Waals surface area contributed by atoms with Crippen LogP contribution in [0.25, 0.3) is 0 Å². The SMILES string of the molecule is Fc1cccc(Cl)c1CNCCc1ncn[nH]1. The first kappa shape index (κ1) is 12.0. The van der Waals surface area contributed by atoms with Crippen LogP contribution in [0.5, 0.6) is 0 Å². The minimum Gasteiger partial charge on any atom is -0.312 e. The van der Waals surface area contributed by atoms with Crippen molar-refractivity contribution in [1.29, 1.82) is 0 Å². The Morgan fingerprint density at radius 3 is 3.00 bits per heavy atom. The van der Waals surface area contributed by atoms with Gasteiger partial charge in [0.1, 0.15) is 18.0 Å². The summed E-state index contributed by atoms with van der Waals surface area (Å²) >= 11 is 5.90. The number of H-pyrrole nitrogens is 1. The van der Waals surface area contributed by atoms with E-state index in [0.717, 1.165) is 5.82 Å². The van der Waals surface area contributed by atoms with E-state index in [2.05, 4.69) is 20.5 Å². The third-order valence-electron chi connectivity index (χ3n) is 2.37. The summed E-state index contributed by atoms with van der Waals surface area (Å²) in [4.78, 5) is 3.99. The molecule has 0 spiro atoms. The largest absolute Gasteiger partial charge is 0.312 e. The first-order valence-corrected chi connectivity index (χ1v) is 5.63. The minimum absolute atomic E-state index is 0.287. The van der Waals surface area contributed by atoms with Crippen LogP contribution >= 0.6 is 11.6 Å². The number of aromatic amines is 1. The molecule has 17 heavy (non-hydrogen) atoms. The first-order valence-electron chi connectivity index (χ1n) is 5.25. The zero-order valence-corrected chi connectivity index (χ0v) is 9.84. The molecule has 0 saturated heterocycles. The van der Waals surface area contributed by atoms with E-state index in [1.807, 2.05) is 0 Å². The molecule has 2 aromatic rings. The molecule has 2 N–H and O–H groups in total. The second-order valence-electron chi connectivity index (χ2n) is 3.56. The van der Waals surface area contributed by atoms with Gasteiger partial charge in [0, 0.05) is 30.1 Å². The van der Waals surface area contributed by atoms with Crippen molar-refractivity contribution in [3.8, 4) is 0 Å². The molecule has 0 unspecified atom stereocenters. The maximum Gasteiger partial charge on any atom is 0.137 e. The topological polar surface area (TPSA) is 53.6 Å². The van der Waals surface area contributed by atoms with Crippen LogP contribution < -0.4 is 5.32 Å². The quantitative estimate of drug-likeness (QED) is 0.802. The third-order valence-corrected chi connectivity index (χ3v) is 2.72. The Labute approximate surface area is 103 Å². The molecule has 0 fully saturated rings. The van der Waals surface area contributed by atoms with Gasteiger partial charge in [-0.15, -0.1) is 0 Å². The van der Waals surface area contributed by atoms with Gasteiger partial charge in [-0.2, -0.15) is 5.10 Å². The van der Waals surface area contributed by atoms with Crippen LogP contribution in [0.3, 0.4) is 0 Å². The maximum atomic E-state index is 13.4. The van der Waals surface area contributed by atoms with Crippen LogP contribution in [0.2, 0.25) is 5.02 Å². The average molecular weight is 255 g/mol. The summed E-state index contributed by atoms with van der Waals surface area (Å²) in [5.74, 6) is 0.516. The highest BCUT2D eigenvalue weighted by Crippen LogP contribution is 2.18. The van der Waals surface area contributed by atoms with Gasteiger partial charge in [0.15, 0.2) is 0 Å². The molecule has 4 nitrogen and oxygen atoms in total. The fourth-order valence-electron chi connectivity index (χ4n) is 1.47. The van der Waals surface area contributed by atoms with Gasteiger partial charge < -0.3 is 5.32 Å². The van der Waals surface area contributed by atoms with E-state index in [1.54, 1.807) is 12.1 Å². The monoisotopic (exact) mass is 254 g/mol. The summed E-state index contributed by atoms with van der Waals surface area (Å²) in [6.45, 7) is 1.08. The van der Waals surface area contributed by atoms with Gasteiger partial charge in [0.05, 0.1) is 0 Å². The summed E-state index contributed by atoms with van der Waals surface area (Å²) in [7, 11) is 0. The highest BCUT2D eigenvalue weighted by Gasteiger charge is 2.05. The maximum absolute atomic E-state index is 13.4. The van der Waals surface area contributed by atoms with Gasteiger partial charge in [0.2, 0.25) is 0 Å². The van der Waals surface area contributed by atoms with E-state index in [4.69, 9.17) is 11.6 Å². The van der Waals surface area contributed by atoms with Crippen molar-refractivity contribution in [1.82, 2.24) is 20.5 Å². The lowest BCUT2D eigenvalue weighted by Crippen LogP contribution is -2.18. The number of nitrogens with zero attached hydrogens (tertiary/aromatic N) is 2. The summed E-state index contributed by atoms with van der Waals surface area (Å²) in [5, 5.41) is 10.1. The predicted octanol–water partition coefficient (Wildman–Crippen LogP) is 1.93. The van der Waals surface area contributed by atoms with E-state index in [-0.39, 0.29) is 5.82 Å². The van der Waals surface area contributed by atoms with Crippen LogP contribution in [-0.4, -0.2) is 21.7 Å². The van der Waals surface area contributed by atoms with Gasteiger partial charge in [-0.1, -0.05) is 17.7 Å². The van der Waals surface area contributed by atoms with Gasteiger partial charge in [-0.3, -0.25) is 5.10 Å². The van der Waals surface area contributed by atoms with Crippen LogP contribution in [0.15, 0.2) is 24.5 Å². The van der Waals surface area contributed by atoms with Crippen LogP contribution in [0.1, 0.15) is 11.4 Å². The smallest absolute Gasteiger partial charge is 0.137 e. The third kappa shape index (κ3) is 3.25. The first-order chi connectivity index (χ1) is 8.27. The van der Waals surface area contributed by atoms with E-state index >= 15 is 0 Å². The van der Waals surface area contributed by atoms with Crippen molar-refractivity contribution in [2.24, 2.45) is 0 Å². The molecule has 0 amide bonds. The summed E-state index contributed by atoms with van der Waals surface area (Å²) in [5.41, 5.74) is 0.492. The molecule has 1 aromatic heterocycles. The molecule has 1 aromatic carbocycles. The van der Waals surface area contributed by atoms with E-state index in [9.17, 15) is 4.39 Å². The average Bonchev–Trinajstić information content (AvgIpc) is 2.80. The van der Waals surface area contributed by atoms with E-state index in [1.165, 1.54) is 12.4 Å². The molecule has 1 heterocycles. The van der Waals surface area contributed by atoms with E-state index in [0.29, 0.717) is 30.1 Å². The van der Waals surface area contributed by atoms with E-state index < -0.39 is 0 Å². The lowest BCUT2D eigenvalue weighted by atomic mass is 10.2. The molecule has 2 rings (SSSR count). The summed E-state index contributed by atoms with van der Waals surface area (Å²) in [6.07, 6.45) is 2.18. The number of halogens is 2. The zero-order chi connectivity index (χ0) is 12.1. The molecule has 0 aliphatic rings. The van der Waals surface area contributed by atoms with Gasteiger partial charge in [0.25, 0.3) is 0 Å². The lowest BCUT2D eigenvalue weighted by Gasteiger charge is -2.06. The number of aromatic nitrogens is 3.